The molecule has 6 heterocycles. The summed E-state index contributed by atoms with van der Waals surface area (Å²) >= 11 is 12.0. The number of aromatic amines is 2. The predicted octanol–water partition coefficient (Wildman–Crippen LogP) is 9.94. The Kier molecular flexibility index (Phi) is 13.1. The van der Waals surface area contributed by atoms with Gasteiger partial charge in [-0.05, 0) is 85.6 Å². The molecule has 346 valence electrons. The van der Waals surface area contributed by atoms with Gasteiger partial charge in [0.25, 0.3) is 20.0 Å². The number of rotatable bonds is 10. The molecule has 8 rings (SSSR count). The van der Waals surface area contributed by atoms with Gasteiger partial charge in [-0.1, -0.05) is 40.5 Å². The maximum absolute atomic E-state index is 13.3. The van der Waals surface area contributed by atoms with Crippen LogP contribution in [0.2, 0.25) is 10.0 Å². The maximum atomic E-state index is 13.3. The van der Waals surface area contributed by atoms with E-state index in [-0.39, 0.29) is 55.2 Å². The minimum atomic E-state index is -4.74. The molecule has 0 radical (unpaired) electrons. The van der Waals surface area contributed by atoms with E-state index in [0.717, 1.165) is 36.5 Å². The third kappa shape index (κ3) is 10.2. The number of carbonyl (C=O) groups excluding carboxylic acids is 1. The van der Waals surface area contributed by atoms with Crippen molar-refractivity contribution in [3.05, 3.63) is 165 Å². The van der Waals surface area contributed by atoms with Crippen molar-refractivity contribution in [1.82, 2.24) is 29.9 Å². The molecule has 8 aromatic rings. The van der Waals surface area contributed by atoms with Crippen LogP contribution < -0.4 is 9.44 Å². The highest BCUT2D eigenvalue weighted by molar-refractivity contribution is 7.93. The number of ketones is 1. The molecule has 0 aliphatic rings. The molecule has 0 fully saturated rings. The van der Waals surface area contributed by atoms with Crippen LogP contribution in [0.1, 0.15) is 49.6 Å². The summed E-state index contributed by atoms with van der Waals surface area (Å²) in [6.45, 7) is 2.45. The quantitative estimate of drug-likeness (QED) is 0.0287. The van der Waals surface area contributed by atoms with E-state index < -0.39 is 59.1 Å². The van der Waals surface area contributed by atoms with Crippen molar-refractivity contribution >= 4 is 88.2 Å². The molecule has 6 aromatic heterocycles. The zero-order valence-corrected chi connectivity index (χ0v) is 37.1. The first kappa shape index (κ1) is 47.9. The highest BCUT2D eigenvalue weighted by atomic mass is 35.5. The van der Waals surface area contributed by atoms with Gasteiger partial charge >= 0.3 is 12.4 Å². The lowest BCUT2D eigenvalue weighted by atomic mass is 10.0. The number of nitrogens with one attached hydrogen (secondary N) is 4. The molecule has 0 unspecified atom stereocenters. The van der Waals surface area contributed by atoms with Crippen LogP contribution in [-0.4, -0.2) is 63.4 Å². The molecular formula is C42H29Cl2F6N9O6S2. The Hall–Kier alpha value is -7.08. The van der Waals surface area contributed by atoms with Crippen molar-refractivity contribution in [2.45, 2.75) is 36.0 Å². The summed E-state index contributed by atoms with van der Waals surface area (Å²) in [5.74, 6) is -0.628. The molecule has 67 heavy (non-hydrogen) atoms. The number of halogens is 8. The van der Waals surface area contributed by atoms with E-state index >= 15 is 0 Å². The van der Waals surface area contributed by atoms with Crippen LogP contribution >= 0.6 is 23.2 Å². The summed E-state index contributed by atoms with van der Waals surface area (Å²) < 4.78 is 136. The Bertz CT molecular complexity index is 3490. The molecule has 0 aliphatic carbocycles. The van der Waals surface area contributed by atoms with Crippen LogP contribution in [0.15, 0.2) is 125 Å². The van der Waals surface area contributed by atoms with Crippen molar-refractivity contribution in [3.8, 4) is 0 Å². The summed E-state index contributed by atoms with van der Waals surface area (Å²) in [6.07, 6.45) is -1.05. The second-order valence-corrected chi connectivity index (χ2v) is 18.5. The molecule has 0 spiro atoms. The zero-order chi connectivity index (χ0) is 48.6. The molecular weight excluding hydrogens is 976 g/mol. The van der Waals surface area contributed by atoms with E-state index in [9.17, 15) is 53.2 Å². The molecule has 2 aromatic carbocycles. The number of benzene rings is 2. The fourth-order valence-corrected chi connectivity index (χ4v) is 9.12. The third-order valence-corrected chi connectivity index (χ3v) is 12.9. The molecule has 0 bridgehead atoms. The minimum absolute atomic E-state index is 0.0191. The van der Waals surface area contributed by atoms with Crippen molar-refractivity contribution in [3.63, 3.8) is 0 Å². The number of alkyl halides is 6. The lowest BCUT2D eigenvalue weighted by Crippen LogP contribution is -2.18. The Morgan fingerprint density at radius 2 is 1.06 bits per heavy atom. The number of hydrogen-bond donors (Lipinski definition) is 5. The number of oxime groups is 1. The highest BCUT2D eigenvalue weighted by Crippen LogP contribution is 2.36. The SMILES string of the molecule is Cc1ccc(S(=O)(=O)Nc2cc(Cl)cnc2C(=NO)c2ccnc3[nH]ccc23)cc1C(F)(F)F.Cc1ccc(S(=O)(=O)Nc2cc(Cl)cnc2C(=O)c2ccnc3[nH]ccc23)cc1C(F)(F)F. The van der Waals surface area contributed by atoms with Crippen molar-refractivity contribution in [2.24, 2.45) is 5.16 Å². The number of aromatic nitrogens is 6. The van der Waals surface area contributed by atoms with Crippen LogP contribution in [-0.2, 0) is 32.4 Å². The summed E-state index contributed by atoms with van der Waals surface area (Å²) in [5.41, 5.74) is -1.89. The van der Waals surface area contributed by atoms with Gasteiger partial charge < -0.3 is 15.2 Å². The number of hydrogen-bond acceptors (Lipinski definition) is 11. The van der Waals surface area contributed by atoms with Crippen molar-refractivity contribution < 1.29 is 53.2 Å². The van der Waals surface area contributed by atoms with E-state index in [1.54, 1.807) is 24.5 Å². The average molecular weight is 1000 g/mol. The zero-order valence-electron chi connectivity index (χ0n) is 34.0. The Morgan fingerprint density at radius 1 is 0.627 bits per heavy atom. The van der Waals surface area contributed by atoms with E-state index in [1.807, 2.05) is 0 Å². The number of aryl methyl sites for hydroxylation is 2. The third-order valence-electron chi connectivity index (χ3n) is 9.81. The normalized spacial score (nSPS) is 12.5. The monoisotopic (exact) mass is 1000 g/mol. The summed E-state index contributed by atoms with van der Waals surface area (Å²) in [7, 11) is -9.03. The molecule has 0 saturated heterocycles. The first-order valence-corrected chi connectivity index (χ1v) is 22.5. The van der Waals surface area contributed by atoms with E-state index in [2.05, 4.69) is 44.5 Å². The van der Waals surface area contributed by atoms with Crippen molar-refractivity contribution in [1.29, 1.82) is 0 Å². The van der Waals surface area contributed by atoms with Crippen LogP contribution in [0.5, 0.6) is 0 Å². The van der Waals surface area contributed by atoms with Gasteiger partial charge in [0.15, 0.2) is 0 Å². The Balaban J connectivity index is 0.000000199. The highest BCUT2D eigenvalue weighted by Gasteiger charge is 2.35. The maximum Gasteiger partial charge on any atom is 0.416 e. The van der Waals surface area contributed by atoms with Crippen LogP contribution in [0.4, 0.5) is 37.7 Å². The number of anilines is 2. The van der Waals surface area contributed by atoms with Crippen LogP contribution in [0.25, 0.3) is 22.1 Å². The topological polar surface area (TPSA) is 225 Å². The van der Waals surface area contributed by atoms with E-state index in [4.69, 9.17) is 23.2 Å². The second-order valence-electron chi connectivity index (χ2n) is 14.2. The fraction of sp³-hybridized carbons (Fsp3) is 0.0952. The van der Waals surface area contributed by atoms with E-state index in [1.165, 1.54) is 50.6 Å². The molecule has 0 aliphatic heterocycles. The molecule has 5 N–H and O–H groups in total. The molecule has 15 nitrogen and oxygen atoms in total. The van der Waals surface area contributed by atoms with Gasteiger partial charge in [-0.3, -0.25) is 19.2 Å². The van der Waals surface area contributed by atoms with Gasteiger partial charge in [-0.2, -0.15) is 26.3 Å². The van der Waals surface area contributed by atoms with Crippen LogP contribution in [0.3, 0.4) is 0 Å². The molecule has 0 saturated carbocycles. The summed E-state index contributed by atoms with van der Waals surface area (Å²) in [6, 6.07) is 13.9. The number of H-pyrrole nitrogens is 2. The standard InChI is InChI=1S/C21H15ClF3N5O3S.C21H14ClF3N4O3S/c1-11-2-3-13(9-16(11)21(23,24)25)34(32,33)30-17-8-12(22)10-28-19(17)18(29-31)14-4-6-26-20-15(14)5-7-27-20;1-11-2-3-13(9-16(11)21(23,24)25)33(31,32)29-17-8-12(22)10-28-18(17)19(30)14-4-6-26-20-15(14)5-7-27-20/h2-10,30-31H,1H3,(H,26,27);2-10,29H,1H3,(H,26,27). The largest absolute Gasteiger partial charge is 0.416 e. The average Bonchev–Trinajstić information content (AvgIpc) is 3.95. The van der Waals surface area contributed by atoms with Crippen LogP contribution in [0, 0.1) is 13.8 Å². The van der Waals surface area contributed by atoms with Gasteiger partial charge in [0.1, 0.15) is 28.4 Å². The molecule has 0 amide bonds. The van der Waals surface area contributed by atoms with Gasteiger partial charge in [0.2, 0.25) is 5.78 Å². The molecule has 25 heteroatoms. The summed E-state index contributed by atoms with van der Waals surface area (Å²) in [5, 5.41) is 14.2. The molecule has 0 atom stereocenters. The van der Waals surface area contributed by atoms with Gasteiger partial charge in [-0.15, -0.1) is 0 Å². The van der Waals surface area contributed by atoms with Crippen molar-refractivity contribution in [2.75, 3.05) is 9.44 Å². The number of carbonyl (C=O) groups is 1. The number of sulfonamides is 2. The minimum Gasteiger partial charge on any atom is -0.410 e. The first-order valence-electron chi connectivity index (χ1n) is 18.8. The fourth-order valence-electron chi connectivity index (χ4n) is 6.64. The summed E-state index contributed by atoms with van der Waals surface area (Å²) in [4.78, 5) is 34.1. The number of nitrogens with zero attached hydrogens (tertiary/aromatic N) is 5. The first-order chi connectivity index (χ1) is 31.5. The number of pyridine rings is 4. The van der Waals surface area contributed by atoms with E-state index in [0.29, 0.717) is 39.8 Å². The Morgan fingerprint density at radius 3 is 1.52 bits per heavy atom. The lowest BCUT2D eigenvalue weighted by Gasteiger charge is -2.15. The lowest BCUT2D eigenvalue weighted by molar-refractivity contribution is -0.139. The van der Waals surface area contributed by atoms with Gasteiger partial charge in [-0.25, -0.2) is 31.8 Å². The second kappa shape index (κ2) is 18.3. The van der Waals surface area contributed by atoms with Gasteiger partial charge in [0, 0.05) is 59.1 Å². The van der Waals surface area contributed by atoms with Gasteiger partial charge in [0.05, 0.1) is 42.3 Å². The number of fused-ring (bicyclic) bond motifs is 2. The smallest absolute Gasteiger partial charge is 0.410 e. The Labute approximate surface area is 385 Å². The predicted molar refractivity (Wildman–Crippen MR) is 236 cm³/mol.